The Morgan fingerprint density at radius 1 is 1.05 bits per heavy atom. The fraction of sp³-hybridized carbons (Fsp3) is 0.300. The molecule has 3 aliphatic heterocycles. The van der Waals surface area contributed by atoms with Crippen LogP contribution in [0.1, 0.15) is 62.1 Å². The number of nitrogens with zero attached hydrogens (tertiary/aromatic N) is 3. The summed E-state index contributed by atoms with van der Waals surface area (Å²) < 4.78 is 5.65. The van der Waals surface area contributed by atoms with Crippen molar-refractivity contribution in [2.24, 2.45) is 4.99 Å². The second kappa shape index (κ2) is 9.85. The van der Waals surface area contributed by atoms with Crippen LogP contribution >= 0.6 is 0 Å². The summed E-state index contributed by atoms with van der Waals surface area (Å²) in [7, 11) is 0. The van der Waals surface area contributed by atoms with Gasteiger partial charge in [0.1, 0.15) is 5.58 Å². The van der Waals surface area contributed by atoms with Crippen LogP contribution in [0.15, 0.2) is 70.3 Å². The lowest BCUT2D eigenvalue weighted by molar-refractivity contribution is -0.123. The van der Waals surface area contributed by atoms with E-state index in [0.29, 0.717) is 35.3 Å². The number of aliphatic imine (C=N–C) groups is 1. The van der Waals surface area contributed by atoms with Crippen molar-refractivity contribution < 1.29 is 18.8 Å². The molecule has 1 atom stereocenters. The lowest BCUT2D eigenvalue weighted by atomic mass is 9.93. The third-order valence-corrected chi connectivity index (χ3v) is 7.51. The maximum absolute atomic E-state index is 13.3. The van der Waals surface area contributed by atoms with Gasteiger partial charge in [-0.05, 0) is 18.1 Å². The van der Waals surface area contributed by atoms with Gasteiger partial charge in [-0.3, -0.25) is 29.7 Å². The standard InChI is InChI=1S/C30H28N4O4/c1-2-3-4-5-6-10-23(35)22-15-18-8-7-9-20-26(32-12-13-34(22)27(18)20)25-24(29(36)33-30(25)37)21-17-31-16-19-11-14-38-28(19)21/h7-9,11-14,16-17,22H,2-6,10,15H2,1H3,(H,33,36,37). The van der Waals surface area contributed by atoms with E-state index in [1.54, 1.807) is 18.5 Å². The molecule has 38 heavy (non-hydrogen) atoms. The number of hydrogen-bond acceptors (Lipinski definition) is 7. The lowest BCUT2D eigenvalue weighted by Crippen LogP contribution is -2.35. The summed E-state index contributed by atoms with van der Waals surface area (Å²) in [5.74, 6) is -0.835. The molecule has 0 saturated carbocycles. The van der Waals surface area contributed by atoms with E-state index in [2.05, 4.69) is 22.2 Å². The Labute approximate surface area is 220 Å². The van der Waals surface area contributed by atoms with E-state index in [-0.39, 0.29) is 23.0 Å². The molecule has 1 unspecified atom stereocenters. The molecule has 1 aromatic carbocycles. The number of Topliss-reactive ketones (excluding diaryl/α,β-unsaturated/α-hetero) is 1. The second-order valence-electron chi connectivity index (χ2n) is 9.91. The molecule has 2 amide bonds. The van der Waals surface area contributed by atoms with E-state index in [4.69, 9.17) is 4.42 Å². The number of aromatic nitrogens is 1. The molecule has 0 radical (unpaired) electrons. The highest BCUT2D eigenvalue weighted by Crippen LogP contribution is 2.41. The number of hydrogen-bond donors (Lipinski definition) is 1. The summed E-state index contributed by atoms with van der Waals surface area (Å²) in [6.07, 6.45) is 14.7. The molecule has 0 saturated heterocycles. The average Bonchev–Trinajstić information content (AvgIpc) is 3.58. The molecule has 0 spiro atoms. The number of carbonyl (C=O) groups excluding carboxylic acids is 3. The number of imide groups is 1. The number of nitrogens with one attached hydrogen (secondary N) is 1. The van der Waals surface area contributed by atoms with Crippen molar-refractivity contribution in [2.45, 2.75) is 57.9 Å². The lowest BCUT2D eigenvalue weighted by Gasteiger charge is -2.23. The van der Waals surface area contributed by atoms with E-state index >= 15 is 0 Å². The predicted octanol–water partition coefficient (Wildman–Crippen LogP) is 4.87. The fourth-order valence-corrected chi connectivity index (χ4v) is 5.69. The van der Waals surface area contributed by atoms with Gasteiger partial charge in [-0.2, -0.15) is 0 Å². The zero-order valence-electron chi connectivity index (χ0n) is 21.2. The largest absolute Gasteiger partial charge is 0.464 e. The average molecular weight is 509 g/mol. The summed E-state index contributed by atoms with van der Waals surface area (Å²) in [5.41, 5.74) is 4.24. The van der Waals surface area contributed by atoms with E-state index in [9.17, 15) is 14.4 Å². The van der Waals surface area contributed by atoms with Gasteiger partial charge in [0.25, 0.3) is 11.8 Å². The minimum atomic E-state index is -0.524. The molecule has 0 fully saturated rings. The zero-order valence-corrected chi connectivity index (χ0v) is 21.2. The monoisotopic (exact) mass is 508 g/mol. The van der Waals surface area contributed by atoms with Crippen LogP contribution in [0.5, 0.6) is 0 Å². The third-order valence-electron chi connectivity index (χ3n) is 7.51. The van der Waals surface area contributed by atoms with Gasteiger partial charge in [0.15, 0.2) is 5.78 Å². The van der Waals surface area contributed by atoms with Crippen LogP contribution < -0.4 is 10.2 Å². The molecule has 5 heterocycles. The highest BCUT2D eigenvalue weighted by molar-refractivity contribution is 6.48. The van der Waals surface area contributed by atoms with Gasteiger partial charge in [-0.25, -0.2) is 0 Å². The van der Waals surface area contributed by atoms with Gasteiger partial charge in [-0.15, -0.1) is 0 Å². The zero-order chi connectivity index (χ0) is 26.2. The molecule has 8 heteroatoms. The van der Waals surface area contributed by atoms with Gasteiger partial charge < -0.3 is 9.32 Å². The number of furan rings is 1. The summed E-state index contributed by atoms with van der Waals surface area (Å²) >= 11 is 0. The molecular formula is C30H28N4O4. The van der Waals surface area contributed by atoms with Crippen LogP contribution in [0.2, 0.25) is 0 Å². The number of ketones is 1. The highest BCUT2D eigenvalue weighted by Gasteiger charge is 2.40. The van der Waals surface area contributed by atoms with Crippen molar-refractivity contribution in [1.29, 1.82) is 0 Å². The molecule has 0 aliphatic carbocycles. The highest BCUT2D eigenvalue weighted by atomic mass is 16.3. The molecule has 8 nitrogen and oxygen atoms in total. The number of unbranched alkanes of at least 4 members (excludes halogenated alkanes) is 4. The maximum Gasteiger partial charge on any atom is 0.261 e. The van der Waals surface area contributed by atoms with Crippen LogP contribution in [-0.4, -0.2) is 34.3 Å². The van der Waals surface area contributed by atoms with Crippen molar-refractivity contribution in [3.63, 3.8) is 0 Å². The Balaban J connectivity index is 1.39. The van der Waals surface area contributed by atoms with E-state index < -0.39 is 11.8 Å². The minimum Gasteiger partial charge on any atom is -0.464 e. The van der Waals surface area contributed by atoms with Gasteiger partial charge in [-0.1, -0.05) is 50.8 Å². The Bertz CT molecular complexity index is 1560. The first-order valence-electron chi connectivity index (χ1n) is 13.2. The number of carbonyl (C=O) groups is 3. The van der Waals surface area contributed by atoms with Crippen molar-refractivity contribution in [1.82, 2.24) is 10.3 Å². The van der Waals surface area contributed by atoms with E-state index in [1.165, 1.54) is 25.3 Å². The number of benzene rings is 1. The SMILES string of the molecule is CCCCCCCC(=O)C1Cc2cccc3c2N1C=CN=C3C1=C(c2cncc3ccoc23)C(=O)NC1=O. The van der Waals surface area contributed by atoms with E-state index in [1.807, 2.05) is 29.3 Å². The van der Waals surface area contributed by atoms with Gasteiger partial charge in [0.2, 0.25) is 0 Å². The molecule has 3 aromatic rings. The maximum atomic E-state index is 13.3. The number of pyridine rings is 1. The normalized spacial score (nSPS) is 18.2. The van der Waals surface area contributed by atoms with Crippen molar-refractivity contribution in [3.05, 3.63) is 77.6 Å². The molecule has 3 aliphatic rings. The van der Waals surface area contributed by atoms with Crippen molar-refractivity contribution in [2.75, 3.05) is 4.90 Å². The minimum absolute atomic E-state index is 0.173. The second-order valence-corrected chi connectivity index (χ2v) is 9.91. The van der Waals surface area contributed by atoms with Crippen LogP contribution in [0.25, 0.3) is 16.5 Å². The smallest absolute Gasteiger partial charge is 0.261 e. The summed E-state index contributed by atoms with van der Waals surface area (Å²) in [4.78, 5) is 50.4. The number of anilines is 1. The fourth-order valence-electron chi connectivity index (χ4n) is 5.69. The van der Waals surface area contributed by atoms with E-state index in [0.717, 1.165) is 35.9 Å². The predicted molar refractivity (Wildman–Crippen MR) is 145 cm³/mol. The number of fused-ring (bicyclic) bond motifs is 1. The van der Waals surface area contributed by atoms with Crippen LogP contribution in [0.4, 0.5) is 5.69 Å². The summed E-state index contributed by atoms with van der Waals surface area (Å²) in [6.45, 7) is 2.18. The first kappa shape index (κ1) is 24.0. The Morgan fingerprint density at radius 3 is 2.76 bits per heavy atom. The van der Waals surface area contributed by atoms with Crippen LogP contribution in [-0.2, 0) is 20.8 Å². The van der Waals surface area contributed by atoms with Gasteiger partial charge >= 0.3 is 0 Å². The Kier molecular flexibility index (Phi) is 6.23. The molecule has 1 N–H and O–H groups in total. The molecule has 2 aromatic heterocycles. The van der Waals surface area contributed by atoms with Crippen molar-refractivity contribution >= 4 is 45.5 Å². The van der Waals surface area contributed by atoms with Gasteiger partial charge in [0.05, 0.1) is 34.9 Å². The molecule has 0 bridgehead atoms. The quantitative estimate of drug-likeness (QED) is 0.327. The van der Waals surface area contributed by atoms with Crippen LogP contribution in [0, 0.1) is 0 Å². The number of rotatable bonds is 9. The Hall–Kier alpha value is -4.33. The summed E-state index contributed by atoms with van der Waals surface area (Å²) in [5, 5.41) is 3.16. The topological polar surface area (TPSA) is 105 Å². The molecular weight excluding hydrogens is 480 g/mol. The van der Waals surface area contributed by atoms with Crippen molar-refractivity contribution in [3.8, 4) is 0 Å². The third kappa shape index (κ3) is 3.97. The Morgan fingerprint density at radius 2 is 1.89 bits per heavy atom. The first-order valence-corrected chi connectivity index (χ1v) is 13.2. The summed E-state index contributed by atoms with van der Waals surface area (Å²) in [6, 6.07) is 7.27. The van der Waals surface area contributed by atoms with Gasteiger partial charge in [0, 0.05) is 54.1 Å². The molecule has 192 valence electrons. The number of amides is 2. The number of para-hydroxylation sites is 1. The van der Waals surface area contributed by atoms with Crippen LogP contribution in [0.3, 0.4) is 0 Å². The first-order chi connectivity index (χ1) is 18.6. The molecule has 6 rings (SSSR count).